The molecule has 0 atom stereocenters. The Balaban J connectivity index is 1.36. The Morgan fingerprint density at radius 1 is 0.862 bits per heavy atom. The fourth-order valence-corrected chi connectivity index (χ4v) is 5.55. The van der Waals surface area contributed by atoms with Gasteiger partial charge in [0.05, 0.1) is 11.4 Å². The van der Waals surface area contributed by atoms with E-state index in [1.54, 1.807) is 24.3 Å². The molecule has 2 aliphatic heterocycles. The van der Waals surface area contributed by atoms with E-state index in [1.807, 2.05) is 24.3 Å². The van der Waals surface area contributed by atoms with Crippen LogP contribution < -0.4 is 9.62 Å². The minimum absolute atomic E-state index is 0.170. The van der Waals surface area contributed by atoms with Crippen LogP contribution in [0.1, 0.15) is 41.6 Å². The molecule has 0 aromatic heterocycles. The number of anilines is 2. The number of carbonyl (C=O) groups excluding carboxylic acids is 1. The van der Waals surface area contributed by atoms with Crippen LogP contribution >= 0.6 is 0 Å². The molecule has 0 unspecified atom stereocenters. The smallest absolute Gasteiger partial charge is 0.255 e. The number of hydrogen-bond donors (Lipinski definition) is 1. The Hall–Kier alpha value is -2.38. The van der Waals surface area contributed by atoms with Crippen LogP contribution in [0.5, 0.6) is 0 Å². The second-order valence-corrected chi connectivity index (χ2v) is 9.79. The fraction of sp³-hybridized carbons (Fsp3) is 0.409. The van der Waals surface area contributed by atoms with Crippen molar-refractivity contribution in [1.82, 2.24) is 4.90 Å². The highest BCUT2D eigenvalue weighted by Gasteiger charge is 2.28. The molecular weight excluding hydrogens is 386 g/mol. The van der Waals surface area contributed by atoms with E-state index in [-0.39, 0.29) is 11.7 Å². The van der Waals surface area contributed by atoms with E-state index in [0.717, 1.165) is 19.6 Å². The van der Waals surface area contributed by atoms with Gasteiger partial charge in [0, 0.05) is 24.3 Å². The molecule has 29 heavy (non-hydrogen) atoms. The number of nitrogens with one attached hydrogen (secondary N) is 1. The molecule has 7 heteroatoms. The average Bonchev–Trinajstić information content (AvgIpc) is 3.09. The van der Waals surface area contributed by atoms with Gasteiger partial charge in [0.15, 0.2) is 0 Å². The summed E-state index contributed by atoms with van der Waals surface area (Å²) in [6, 6.07) is 14.7. The highest BCUT2D eigenvalue weighted by Crippen LogP contribution is 2.25. The van der Waals surface area contributed by atoms with Gasteiger partial charge in [0.25, 0.3) is 5.91 Å². The lowest BCUT2D eigenvalue weighted by Gasteiger charge is -2.26. The quantitative estimate of drug-likeness (QED) is 0.815. The maximum atomic E-state index is 12.5. The topological polar surface area (TPSA) is 69.7 Å². The van der Waals surface area contributed by atoms with E-state index >= 15 is 0 Å². The van der Waals surface area contributed by atoms with Crippen molar-refractivity contribution in [3.05, 3.63) is 59.7 Å². The summed E-state index contributed by atoms with van der Waals surface area (Å²) in [4.78, 5) is 15.0. The fourth-order valence-electron chi connectivity index (χ4n) is 3.98. The predicted molar refractivity (Wildman–Crippen MR) is 116 cm³/mol. The van der Waals surface area contributed by atoms with Crippen LogP contribution in [0.2, 0.25) is 0 Å². The Labute approximate surface area is 172 Å². The maximum Gasteiger partial charge on any atom is 0.255 e. The molecule has 1 N–H and O–H groups in total. The molecule has 2 fully saturated rings. The molecule has 6 nitrogen and oxygen atoms in total. The summed E-state index contributed by atoms with van der Waals surface area (Å²) in [5.74, 6) is 0.0234. The zero-order valence-corrected chi connectivity index (χ0v) is 17.3. The largest absolute Gasteiger partial charge is 0.322 e. The number of piperidine rings is 1. The van der Waals surface area contributed by atoms with Gasteiger partial charge in [-0.3, -0.25) is 14.0 Å². The summed E-state index contributed by atoms with van der Waals surface area (Å²) >= 11 is 0. The van der Waals surface area contributed by atoms with E-state index in [9.17, 15) is 13.2 Å². The Bertz CT molecular complexity index is 950. The number of hydrogen-bond acceptors (Lipinski definition) is 4. The summed E-state index contributed by atoms with van der Waals surface area (Å²) in [6.45, 7) is 3.74. The number of carbonyl (C=O) groups is 1. The lowest BCUT2D eigenvalue weighted by molar-refractivity contribution is 0.102. The Morgan fingerprint density at radius 3 is 2.17 bits per heavy atom. The van der Waals surface area contributed by atoms with Gasteiger partial charge in [0.1, 0.15) is 0 Å². The second kappa shape index (κ2) is 8.55. The first-order valence-corrected chi connectivity index (χ1v) is 11.9. The van der Waals surface area contributed by atoms with Crippen molar-refractivity contribution in [1.29, 1.82) is 0 Å². The van der Waals surface area contributed by atoms with Crippen LogP contribution in [0.4, 0.5) is 11.4 Å². The SMILES string of the molecule is O=C(Nc1ccc(N2CCCS2(=O)=O)cc1)c1ccc(CN2CCCCC2)cc1. The molecule has 2 aromatic rings. The standard InChI is InChI=1S/C22H27N3O3S/c26-22(19-7-5-18(6-8-19)17-24-13-2-1-3-14-24)23-20-9-11-21(12-10-20)25-15-4-16-29(25,27)28/h5-12H,1-4,13-17H2,(H,23,26). The van der Waals surface area contributed by atoms with Gasteiger partial charge < -0.3 is 5.32 Å². The van der Waals surface area contributed by atoms with E-state index in [4.69, 9.17) is 0 Å². The Kier molecular flexibility index (Phi) is 5.87. The summed E-state index contributed by atoms with van der Waals surface area (Å²) in [7, 11) is -3.19. The second-order valence-electron chi connectivity index (χ2n) is 7.78. The number of benzene rings is 2. The maximum absolute atomic E-state index is 12.5. The van der Waals surface area contributed by atoms with Crippen molar-refractivity contribution in [2.75, 3.05) is 35.0 Å². The van der Waals surface area contributed by atoms with Crippen molar-refractivity contribution in [2.24, 2.45) is 0 Å². The molecule has 0 bridgehead atoms. The minimum Gasteiger partial charge on any atom is -0.322 e. The molecule has 2 aromatic carbocycles. The van der Waals surface area contributed by atoms with Gasteiger partial charge in [-0.05, 0) is 74.3 Å². The molecule has 2 heterocycles. The summed E-state index contributed by atoms with van der Waals surface area (Å²) in [6.07, 6.45) is 4.50. The third kappa shape index (κ3) is 4.79. The summed E-state index contributed by atoms with van der Waals surface area (Å²) in [5, 5.41) is 2.88. The van der Waals surface area contributed by atoms with E-state index in [0.29, 0.717) is 29.9 Å². The Morgan fingerprint density at radius 2 is 1.55 bits per heavy atom. The van der Waals surface area contributed by atoms with Crippen LogP contribution in [0.25, 0.3) is 0 Å². The number of likely N-dealkylation sites (tertiary alicyclic amines) is 1. The zero-order chi connectivity index (χ0) is 20.3. The van der Waals surface area contributed by atoms with E-state index < -0.39 is 10.0 Å². The summed E-state index contributed by atoms with van der Waals surface area (Å²) in [5.41, 5.74) is 3.12. The first kappa shape index (κ1) is 19.9. The molecule has 154 valence electrons. The van der Waals surface area contributed by atoms with E-state index in [1.165, 1.54) is 29.1 Å². The molecule has 2 saturated heterocycles. The number of sulfonamides is 1. The molecular formula is C22H27N3O3S. The molecule has 0 saturated carbocycles. The van der Waals surface area contributed by atoms with Crippen LogP contribution in [0.15, 0.2) is 48.5 Å². The molecule has 0 radical (unpaired) electrons. The van der Waals surface area contributed by atoms with Crippen molar-refractivity contribution >= 4 is 27.3 Å². The third-order valence-electron chi connectivity index (χ3n) is 5.58. The lowest BCUT2D eigenvalue weighted by atomic mass is 10.1. The summed E-state index contributed by atoms with van der Waals surface area (Å²) < 4.78 is 25.5. The normalized spacial score (nSPS) is 19.2. The predicted octanol–water partition coefficient (Wildman–Crippen LogP) is 3.46. The van der Waals surface area contributed by atoms with Crippen molar-refractivity contribution in [3.63, 3.8) is 0 Å². The first-order chi connectivity index (χ1) is 14.0. The van der Waals surface area contributed by atoms with Crippen molar-refractivity contribution in [2.45, 2.75) is 32.2 Å². The molecule has 0 aliphatic carbocycles. The van der Waals surface area contributed by atoms with Crippen molar-refractivity contribution < 1.29 is 13.2 Å². The number of nitrogens with zero attached hydrogens (tertiary/aromatic N) is 2. The molecule has 2 aliphatic rings. The first-order valence-electron chi connectivity index (χ1n) is 10.2. The van der Waals surface area contributed by atoms with Crippen LogP contribution in [-0.2, 0) is 16.6 Å². The van der Waals surface area contributed by atoms with Crippen LogP contribution in [-0.4, -0.2) is 44.6 Å². The van der Waals surface area contributed by atoms with Gasteiger partial charge in [-0.1, -0.05) is 18.6 Å². The number of amides is 1. The minimum atomic E-state index is -3.19. The zero-order valence-electron chi connectivity index (χ0n) is 16.5. The lowest BCUT2D eigenvalue weighted by Crippen LogP contribution is -2.29. The third-order valence-corrected chi connectivity index (χ3v) is 7.45. The monoisotopic (exact) mass is 413 g/mol. The van der Waals surface area contributed by atoms with Crippen LogP contribution in [0, 0.1) is 0 Å². The molecule has 1 amide bonds. The van der Waals surface area contributed by atoms with Gasteiger partial charge in [-0.2, -0.15) is 0 Å². The van der Waals surface area contributed by atoms with Gasteiger partial charge in [-0.25, -0.2) is 8.42 Å². The highest BCUT2D eigenvalue weighted by molar-refractivity contribution is 7.93. The van der Waals surface area contributed by atoms with Gasteiger partial charge >= 0.3 is 0 Å². The van der Waals surface area contributed by atoms with Crippen LogP contribution in [0.3, 0.4) is 0 Å². The molecule has 4 rings (SSSR count). The van der Waals surface area contributed by atoms with Gasteiger partial charge in [-0.15, -0.1) is 0 Å². The highest BCUT2D eigenvalue weighted by atomic mass is 32.2. The molecule has 0 spiro atoms. The number of rotatable bonds is 5. The van der Waals surface area contributed by atoms with Crippen molar-refractivity contribution in [3.8, 4) is 0 Å². The average molecular weight is 414 g/mol. The van der Waals surface area contributed by atoms with E-state index in [2.05, 4.69) is 10.2 Å². The van der Waals surface area contributed by atoms with Gasteiger partial charge in [0.2, 0.25) is 10.0 Å².